The van der Waals surface area contributed by atoms with Gasteiger partial charge in [-0.25, -0.2) is 13.5 Å². The lowest BCUT2D eigenvalue weighted by Gasteiger charge is -2.37. The van der Waals surface area contributed by atoms with Crippen molar-refractivity contribution in [2.45, 2.75) is 32.1 Å². The van der Waals surface area contributed by atoms with Gasteiger partial charge in [0.1, 0.15) is 36.6 Å². The van der Waals surface area contributed by atoms with Crippen LogP contribution in [-0.2, 0) is 17.9 Å². The third-order valence-electron chi connectivity index (χ3n) is 7.50. The molecule has 1 aromatic heterocycles. The SMILES string of the molecule is COC1CN2CN(CC3CC3)C(=O)c3c(OCc4ccccc4)c(=O)c(C(=O)NCc4ccc(F)cc4F)c1n32. The molecular formula is C29H28F2N4O5. The van der Waals surface area contributed by atoms with E-state index < -0.39 is 29.1 Å². The number of amides is 2. The summed E-state index contributed by atoms with van der Waals surface area (Å²) in [7, 11) is 1.47. The summed E-state index contributed by atoms with van der Waals surface area (Å²) in [5.74, 6) is -2.48. The molecule has 2 amide bonds. The fourth-order valence-electron chi connectivity index (χ4n) is 5.28. The molecule has 6 rings (SSSR count). The van der Waals surface area contributed by atoms with Crippen LogP contribution in [0, 0.1) is 17.6 Å². The predicted octanol–water partition coefficient (Wildman–Crippen LogP) is 3.10. The standard InChI is InChI=1S/C29H28F2N4O5/c1-39-22-14-34-16-33(13-17-7-8-17)29(38)25-27(40-15-18-5-3-2-4-6-18)26(36)23(24(22)35(25)34)28(37)32-12-19-9-10-20(30)11-21(19)31/h2-6,9-11,17,22H,7-8,12-16H2,1H3,(H,32,37). The van der Waals surface area contributed by atoms with Gasteiger partial charge < -0.3 is 19.7 Å². The van der Waals surface area contributed by atoms with Crippen LogP contribution in [-0.4, -0.2) is 48.3 Å². The molecule has 1 fully saturated rings. The Morgan fingerprint density at radius 1 is 1.10 bits per heavy atom. The Hall–Kier alpha value is -4.25. The highest BCUT2D eigenvalue weighted by molar-refractivity contribution is 6.01. The quantitative estimate of drug-likeness (QED) is 0.440. The molecule has 0 spiro atoms. The lowest BCUT2D eigenvalue weighted by Crippen LogP contribution is -2.53. The van der Waals surface area contributed by atoms with Gasteiger partial charge in [0.05, 0.1) is 12.2 Å². The van der Waals surface area contributed by atoms with Crippen molar-refractivity contribution in [1.29, 1.82) is 0 Å². The molecule has 1 aliphatic carbocycles. The summed E-state index contributed by atoms with van der Waals surface area (Å²) in [6.45, 7) is 0.889. The molecule has 2 aromatic carbocycles. The number of carbonyl (C=O) groups is 2. The van der Waals surface area contributed by atoms with Gasteiger partial charge in [-0.2, -0.15) is 0 Å². The molecule has 3 heterocycles. The van der Waals surface area contributed by atoms with Gasteiger partial charge in [-0.05, 0) is 30.4 Å². The summed E-state index contributed by atoms with van der Waals surface area (Å²) in [5.41, 5.74) is 0.143. The first-order valence-electron chi connectivity index (χ1n) is 13.1. The summed E-state index contributed by atoms with van der Waals surface area (Å²) in [6.07, 6.45) is 1.42. The number of halogens is 2. The van der Waals surface area contributed by atoms with Gasteiger partial charge in [-0.15, -0.1) is 0 Å². The van der Waals surface area contributed by atoms with Crippen LogP contribution in [0.3, 0.4) is 0 Å². The van der Waals surface area contributed by atoms with Gasteiger partial charge in [0.25, 0.3) is 11.8 Å². The van der Waals surface area contributed by atoms with Crippen LogP contribution >= 0.6 is 0 Å². The van der Waals surface area contributed by atoms with Crippen molar-refractivity contribution in [2.24, 2.45) is 5.92 Å². The van der Waals surface area contributed by atoms with Gasteiger partial charge in [-0.1, -0.05) is 36.4 Å². The minimum atomic E-state index is -0.818. The molecule has 208 valence electrons. The molecule has 1 atom stereocenters. The van der Waals surface area contributed by atoms with Crippen LogP contribution in [0.4, 0.5) is 8.78 Å². The molecule has 3 aromatic rings. The number of pyridine rings is 1. The van der Waals surface area contributed by atoms with Crippen LogP contribution in [0.5, 0.6) is 5.75 Å². The van der Waals surface area contributed by atoms with E-state index in [1.165, 1.54) is 13.2 Å². The van der Waals surface area contributed by atoms with E-state index >= 15 is 0 Å². The molecule has 1 N–H and O–H groups in total. The topological polar surface area (TPSA) is 93.1 Å². The van der Waals surface area contributed by atoms with Gasteiger partial charge in [0, 0.05) is 31.8 Å². The van der Waals surface area contributed by atoms with Crippen molar-refractivity contribution >= 4 is 11.8 Å². The lowest BCUT2D eigenvalue weighted by atomic mass is 10.1. The maximum absolute atomic E-state index is 14.2. The van der Waals surface area contributed by atoms with Gasteiger partial charge >= 0.3 is 0 Å². The number of hydrogen-bond donors (Lipinski definition) is 1. The number of hydrogen-bond acceptors (Lipinski definition) is 6. The minimum absolute atomic E-state index is 0.00783. The molecule has 9 nitrogen and oxygen atoms in total. The van der Waals surface area contributed by atoms with Crippen LogP contribution in [0.2, 0.25) is 0 Å². The number of aromatic nitrogens is 1. The van der Waals surface area contributed by atoms with Crippen LogP contribution in [0.15, 0.2) is 53.3 Å². The summed E-state index contributed by atoms with van der Waals surface area (Å²) in [6, 6.07) is 12.2. The Labute approximate surface area is 228 Å². The molecule has 1 unspecified atom stereocenters. The van der Waals surface area contributed by atoms with E-state index in [1.54, 1.807) is 9.58 Å². The number of methoxy groups -OCH3 is 1. The van der Waals surface area contributed by atoms with Crippen LogP contribution in [0.25, 0.3) is 0 Å². The number of nitrogens with one attached hydrogen (secondary N) is 1. The normalized spacial score (nSPS) is 17.7. The van der Waals surface area contributed by atoms with Crippen molar-refractivity contribution in [1.82, 2.24) is 14.9 Å². The number of nitrogens with zero attached hydrogens (tertiary/aromatic N) is 3. The van der Waals surface area contributed by atoms with Gasteiger partial charge in [0.15, 0.2) is 11.4 Å². The Kier molecular flexibility index (Phi) is 6.75. The van der Waals surface area contributed by atoms with Crippen LogP contribution < -0.4 is 20.5 Å². The van der Waals surface area contributed by atoms with Crippen molar-refractivity contribution < 1.29 is 27.8 Å². The summed E-state index contributed by atoms with van der Waals surface area (Å²) in [4.78, 5) is 43.0. The van der Waals surface area contributed by atoms with Crippen molar-refractivity contribution in [2.75, 3.05) is 31.9 Å². The fraction of sp³-hybridized carbons (Fsp3) is 0.345. The Morgan fingerprint density at radius 3 is 2.58 bits per heavy atom. The highest BCUT2D eigenvalue weighted by atomic mass is 19.1. The molecule has 11 heteroatoms. The minimum Gasteiger partial charge on any atom is -0.482 e. The second kappa shape index (κ2) is 10.4. The number of carbonyl (C=O) groups excluding carboxylic acids is 2. The van der Waals surface area contributed by atoms with Crippen molar-refractivity contribution in [3.05, 3.63) is 98.5 Å². The first-order valence-corrected chi connectivity index (χ1v) is 13.1. The Morgan fingerprint density at radius 2 is 1.88 bits per heavy atom. The second-order valence-corrected chi connectivity index (χ2v) is 10.3. The van der Waals surface area contributed by atoms with E-state index in [9.17, 15) is 23.2 Å². The van der Waals surface area contributed by atoms with Crippen molar-refractivity contribution in [3.8, 4) is 5.75 Å². The highest BCUT2D eigenvalue weighted by Gasteiger charge is 2.45. The van der Waals surface area contributed by atoms with E-state index in [2.05, 4.69) is 5.32 Å². The third kappa shape index (κ3) is 4.70. The summed E-state index contributed by atoms with van der Waals surface area (Å²) in [5, 5.41) is 4.45. The van der Waals surface area contributed by atoms with E-state index in [0.29, 0.717) is 19.0 Å². The summed E-state index contributed by atoms with van der Waals surface area (Å²) >= 11 is 0. The van der Waals surface area contributed by atoms with E-state index in [1.807, 2.05) is 35.3 Å². The highest BCUT2D eigenvalue weighted by Crippen LogP contribution is 2.37. The van der Waals surface area contributed by atoms with Crippen molar-refractivity contribution in [3.63, 3.8) is 0 Å². The Balaban J connectivity index is 1.43. The zero-order valence-electron chi connectivity index (χ0n) is 21.9. The monoisotopic (exact) mass is 550 g/mol. The predicted molar refractivity (Wildman–Crippen MR) is 140 cm³/mol. The number of benzene rings is 2. The molecule has 3 aliphatic rings. The number of rotatable bonds is 9. The molecular weight excluding hydrogens is 522 g/mol. The zero-order chi connectivity index (χ0) is 28.0. The Bertz CT molecular complexity index is 1540. The maximum atomic E-state index is 14.2. The van der Waals surface area contributed by atoms with E-state index in [-0.39, 0.29) is 54.0 Å². The smallest absolute Gasteiger partial charge is 0.277 e. The molecule has 40 heavy (non-hydrogen) atoms. The van der Waals surface area contributed by atoms with Gasteiger partial charge in [0.2, 0.25) is 5.43 Å². The molecule has 1 saturated carbocycles. The summed E-state index contributed by atoms with van der Waals surface area (Å²) < 4.78 is 40.8. The van der Waals surface area contributed by atoms with Crippen LogP contribution in [0.1, 0.15) is 56.6 Å². The number of ether oxygens (including phenoxy) is 2. The largest absolute Gasteiger partial charge is 0.482 e. The average molecular weight is 551 g/mol. The molecule has 0 bridgehead atoms. The molecule has 2 aliphatic heterocycles. The fourth-order valence-corrected chi connectivity index (χ4v) is 5.28. The third-order valence-corrected chi connectivity index (χ3v) is 7.50. The average Bonchev–Trinajstić information content (AvgIpc) is 3.69. The lowest BCUT2D eigenvalue weighted by molar-refractivity contribution is 0.0676. The molecule has 0 radical (unpaired) electrons. The first kappa shape index (κ1) is 26.0. The second-order valence-electron chi connectivity index (χ2n) is 10.3. The maximum Gasteiger partial charge on any atom is 0.277 e. The molecule has 0 saturated heterocycles. The first-order chi connectivity index (χ1) is 19.4. The van der Waals surface area contributed by atoms with E-state index in [4.69, 9.17) is 9.47 Å². The van der Waals surface area contributed by atoms with Gasteiger partial charge in [-0.3, -0.25) is 19.4 Å². The zero-order valence-corrected chi connectivity index (χ0v) is 21.9. The van der Waals surface area contributed by atoms with E-state index in [0.717, 1.165) is 30.5 Å².